The number of phenolic OH excluding ortho intramolecular Hbond substituents is 2. The van der Waals surface area contributed by atoms with Crippen molar-refractivity contribution in [1.29, 1.82) is 0 Å². The van der Waals surface area contributed by atoms with Crippen LogP contribution in [0.2, 0.25) is 0 Å². The molecule has 0 radical (unpaired) electrons. The van der Waals surface area contributed by atoms with Crippen molar-refractivity contribution in [3.8, 4) is 11.5 Å². The summed E-state index contributed by atoms with van der Waals surface area (Å²) in [4.78, 5) is 18.4. The molecule has 8 nitrogen and oxygen atoms in total. The van der Waals surface area contributed by atoms with E-state index >= 15 is 0 Å². The fourth-order valence-corrected chi connectivity index (χ4v) is 5.85. The van der Waals surface area contributed by atoms with Gasteiger partial charge in [-0.3, -0.25) is 0 Å². The number of phenols is 2. The molecule has 1 saturated heterocycles. The smallest absolute Gasteiger partial charge is 0.321 e. The maximum Gasteiger partial charge on any atom is 0.321 e. The second-order valence-electron chi connectivity index (χ2n) is 11.0. The number of hydrogen-bond donors (Lipinski definition) is 2. The fourth-order valence-electron chi connectivity index (χ4n) is 5.85. The molecular weight excluding hydrogens is 556 g/mol. The van der Waals surface area contributed by atoms with Crippen molar-refractivity contribution in [3.05, 3.63) is 131 Å². The maximum absolute atomic E-state index is 14.7. The first-order valence-corrected chi connectivity index (χ1v) is 14.9. The van der Waals surface area contributed by atoms with Crippen molar-refractivity contribution in [2.75, 3.05) is 27.1 Å². The number of benzene rings is 4. The molecule has 0 aromatic heterocycles. The van der Waals surface area contributed by atoms with Gasteiger partial charge in [0.2, 0.25) is 0 Å². The zero-order chi connectivity index (χ0) is 30.7. The molecule has 2 amide bonds. The number of hydrogen-bond acceptors (Lipinski definition) is 6. The van der Waals surface area contributed by atoms with Gasteiger partial charge in [0, 0.05) is 20.2 Å². The van der Waals surface area contributed by atoms with Gasteiger partial charge < -0.3 is 34.2 Å². The third-order valence-electron chi connectivity index (χ3n) is 7.93. The third-order valence-corrected chi connectivity index (χ3v) is 7.93. The summed E-state index contributed by atoms with van der Waals surface area (Å²) in [5, 5.41) is 20.5. The highest BCUT2D eigenvalue weighted by Crippen LogP contribution is 2.33. The highest BCUT2D eigenvalue weighted by Gasteiger charge is 2.47. The van der Waals surface area contributed by atoms with Crippen molar-refractivity contribution in [2.24, 2.45) is 0 Å². The van der Waals surface area contributed by atoms with Crippen LogP contribution in [0.3, 0.4) is 0 Å². The summed E-state index contributed by atoms with van der Waals surface area (Å²) in [7, 11) is 1.63. The van der Waals surface area contributed by atoms with Crippen LogP contribution in [0.4, 0.5) is 4.79 Å². The van der Waals surface area contributed by atoms with Crippen LogP contribution in [0.5, 0.6) is 11.5 Å². The highest BCUT2D eigenvalue weighted by atomic mass is 16.7. The Bertz CT molecular complexity index is 1360. The predicted octanol–water partition coefficient (Wildman–Crippen LogP) is 5.76. The van der Waals surface area contributed by atoms with Gasteiger partial charge in [0.15, 0.2) is 0 Å². The second-order valence-corrected chi connectivity index (χ2v) is 11.0. The van der Waals surface area contributed by atoms with Gasteiger partial charge in [-0.2, -0.15) is 0 Å². The van der Waals surface area contributed by atoms with Gasteiger partial charge >= 0.3 is 6.03 Å². The first-order chi connectivity index (χ1) is 21.5. The fraction of sp³-hybridized carbons (Fsp3) is 0.306. The maximum atomic E-state index is 14.7. The van der Waals surface area contributed by atoms with Gasteiger partial charge in [0.25, 0.3) is 0 Å². The van der Waals surface area contributed by atoms with E-state index in [4.69, 9.17) is 14.2 Å². The molecule has 1 aliphatic rings. The van der Waals surface area contributed by atoms with Crippen LogP contribution in [-0.4, -0.2) is 71.3 Å². The highest BCUT2D eigenvalue weighted by molar-refractivity contribution is 5.77. The van der Waals surface area contributed by atoms with E-state index < -0.39 is 6.10 Å². The van der Waals surface area contributed by atoms with Gasteiger partial charge in [-0.15, -0.1) is 0 Å². The van der Waals surface area contributed by atoms with E-state index in [-0.39, 0.29) is 49.5 Å². The van der Waals surface area contributed by atoms with Crippen molar-refractivity contribution < 1.29 is 29.2 Å². The quantitative estimate of drug-likeness (QED) is 0.142. The lowest BCUT2D eigenvalue weighted by molar-refractivity contribution is -0.149. The summed E-state index contributed by atoms with van der Waals surface area (Å²) < 4.78 is 17.6. The zero-order valence-corrected chi connectivity index (χ0v) is 25.0. The van der Waals surface area contributed by atoms with Crippen molar-refractivity contribution in [3.63, 3.8) is 0 Å². The summed E-state index contributed by atoms with van der Waals surface area (Å²) in [5.74, 6) is 0.286. The van der Waals surface area contributed by atoms with Crippen LogP contribution in [-0.2, 0) is 40.1 Å². The number of methoxy groups -OCH3 is 1. The molecule has 44 heavy (non-hydrogen) atoms. The van der Waals surface area contributed by atoms with Crippen LogP contribution in [0, 0.1) is 0 Å². The molecule has 230 valence electrons. The summed E-state index contributed by atoms with van der Waals surface area (Å²) >= 11 is 0. The Labute approximate surface area is 259 Å². The molecule has 5 rings (SSSR count). The Morgan fingerprint density at radius 3 is 1.57 bits per heavy atom. The number of amides is 2. The topological polar surface area (TPSA) is 91.7 Å². The summed E-state index contributed by atoms with van der Waals surface area (Å²) in [5.41, 5.74) is 3.79. The Kier molecular flexibility index (Phi) is 10.9. The monoisotopic (exact) mass is 596 g/mol. The number of aromatic hydroxyl groups is 2. The second kappa shape index (κ2) is 15.4. The molecule has 1 fully saturated rings. The van der Waals surface area contributed by atoms with E-state index in [1.54, 1.807) is 43.5 Å². The van der Waals surface area contributed by atoms with Crippen LogP contribution in [0.15, 0.2) is 109 Å². The van der Waals surface area contributed by atoms with Gasteiger partial charge in [0.1, 0.15) is 24.4 Å². The number of ether oxygens (including phenoxy) is 3. The van der Waals surface area contributed by atoms with Crippen LogP contribution >= 0.6 is 0 Å². The molecule has 8 heteroatoms. The van der Waals surface area contributed by atoms with Gasteiger partial charge in [-0.25, -0.2) is 4.79 Å². The van der Waals surface area contributed by atoms with Gasteiger partial charge in [0.05, 0.1) is 25.3 Å². The lowest BCUT2D eigenvalue weighted by Crippen LogP contribution is -2.67. The summed E-state index contributed by atoms with van der Waals surface area (Å²) in [6, 6.07) is 33.4. The number of urea groups is 1. The number of nitrogens with zero attached hydrogens (tertiary/aromatic N) is 2. The average Bonchev–Trinajstić information content (AvgIpc) is 3.03. The van der Waals surface area contributed by atoms with E-state index in [9.17, 15) is 15.0 Å². The SMILES string of the molecule is COCCOCOC1[C@@H](Cc2ccccc2)N(Cc2cccc(O)c2)C(=O)N(Cc2cccc(O)c2)[C@H]1Cc1ccccc1. The van der Waals surface area contributed by atoms with E-state index in [0.717, 1.165) is 22.3 Å². The van der Waals surface area contributed by atoms with E-state index in [1.807, 2.05) is 58.3 Å². The third kappa shape index (κ3) is 8.17. The number of carbonyl (C=O) groups is 1. The number of carbonyl (C=O) groups excluding carboxylic acids is 1. The minimum Gasteiger partial charge on any atom is -0.508 e. The molecule has 0 aliphatic carbocycles. The molecule has 1 aliphatic heterocycles. The summed E-state index contributed by atoms with van der Waals surface area (Å²) in [6.45, 7) is 1.43. The largest absolute Gasteiger partial charge is 0.508 e. The van der Waals surface area contributed by atoms with Crippen molar-refractivity contribution in [1.82, 2.24) is 9.80 Å². The molecule has 0 saturated carbocycles. The Morgan fingerprint density at radius 2 is 1.11 bits per heavy atom. The lowest BCUT2D eigenvalue weighted by atomic mass is 9.87. The van der Waals surface area contributed by atoms with Gasteiger partial charge in [-0.1, -0.05) is 84.9 Å². The Hall–Kier alpha value is -4.37. The van der Waals surface area contributed by atoms with Crippen LogP contribution < -0.4 is 0 Å². The lowest BCUT2D eigenvalue weighted by Gasteiger charge is -2.51. The molecule has 1 unspecified atom stereocenters. The molecule has 4 aromatic carbocycles. The zero-order valence-electron chi connectivity index (χ0n) is 25.0. The Morgan fingerprint density at radius 1 is 0.636 bits per heavy atom. The molecule has 1 heterocycles. The van der Waals surface area contributed by atoms with Crippen molar-refractivity contribution in [2.45, 2.75) is 44.1 Å². The first-order valence-electron chi connectivity index (χ1n) is 14.9. The first kappa shape index (κ1) is 31.1. The van der Waals surface area contributed by atoms with E-state index in [0.29, 0.717) is 26.1 Å². The minimum absolute atomic E-state index is 0.0404. The molecule has 3 atom stereocenters. The van der Waals surface area contributed by atoms with Crippen LogP contribution in [0.25, 0.3) is 0 Å². The molecular formula is C36H40N2O6. The molecule has 4 aromatic rings. The summed E-state index contributed by atoms with van der Waals surface area (Å²) in [6.07, 6.45) is 0.698. The van der Waals surface area contributed by atoms with Crippen LogP contribution in [0.1, 0.15) is 22.3 Å². The molecule has 2 N–H and O–H groups in total. The van der Waals surface area contributed by atoms with Crippen molar-refractivity contribution >= 4 is 6.03 Å². The minimum atomic E-state index is -0.440. The Balaban J connectivity index is 1.58. The molecule has 0 spiro atoms. The van der Waals surface area contributed by atoms with E-state index in [2.05, 4.69) is 24.3 Å². The van der Waals surface area contributed by atoms with Gasteiger partial charge in [-0.05, 0) is 59.4 Å². The predicted molar refractivity (Wildman–Crippen MR) is 168 cm³/mol. The normalized spacial score (nSPS) is 18.5. The molecule has 0 bridgehead atoms. The average molecular weight is 597 g/mol. The standard InChI is InChI=1S/C36H40N2O6/c1-42-18-19-43-26-44-35-33(22-27-10-4-2-5-11-27)37(24-29-14-8-16-31(39)20-29)36(41)38(25-30-15-9-17-32(40)21-30)34(35)23-28-12-6-3-7-13-28/h2-17,20-21,33-35,39-40H,18-19,22-26H2,1H3/t33-,34+,35?. The van der Waals surface area contributed by atoms with E-state index in [1.165, 1.54) is 0 Å². The number of rotatable bonds is 14.